The number of carbonyl (C=O) groups is 1. The first-order valence-electron chi connectivity index (χ1n) is 9.44. The highest BCUT2D eigenvalue weighted by molar-refractivity contribution is 7.15. The normalized spacial score (nSPS) is 11.4. The molecule has 0 saturated heterocycles. The molecular weight excluding hydrogens is 384 g/mol. The Morgan fingerprint density at radius 2 is 1.83 bits per heavy atom. The zero-order valence-corrected chi connectivity index (χ0v) is 17.1. The number of rotatable bonds is 10. The number of benzene rings is 2. The lowest BCUT2D eigenvalue weighted by atomic mass is 10.1. The van der Waals surface area contributed by atoms with E-state index in [0.717, 1.165) is 21.7 Å². The minimum Gasteiger partial charge on any atom is -0.481 e. The van der Waals surface area contributed by atoms with E-state index in [1.54, 1.807) is 11.3 Å². The maximum Gasteiger partial charge on any atom is 0.304 e. The predicted octanol–water partition coefficient (Wildman–Crippen LogP) is 4.92. The second kappa shape index (κ2) is 10.5. The molecular formula is C23H24N2O3S. The molecule has 0 unspecified atom stereocenters. The van der Waals surface area contributed by atoms with E-state index >= 15 is 0 Å². The average molecular weight is 409 g/mol. The maximum atomic E-state index is 10.5. The minimum absolute atomic E-state index is 0.123. The number of carboxylic acid groups (broad SMARTS) is 1. The smallest absolute Gasteiger partial charge is 0.304 e. The summed E-state index contributed by atoms with van der Waals surface area (Å²) in [7, 11) is 0. The van der Waals surface area contributed by atoms with Crippen molar-refractivity contribution in [2.75, 3.05) is 6.54 Å². The van der Waals surface area contributed by atoms with Gasteiger partial charge >= 0.3 is 5.97 Å². The molecule has 0 spiro atoms. The fraction of sp³-hybridized carbons (Fsp3) is 0.217. The quantitative estimate of drug-likeness (QED) is 0.284. The van der Waals surface area contributed by atoms with Crippen LogP contribution in [0.5, 0.6) is 0 Å². The molecule has 1 aromatic heterocycles. The summed E-state index contributed by atoms with van der Waals surface area (Å²) in [6.45, 7) is 3.47. The number of thiophene rings is 1. The van der Waals surface area contributed by atoms with Crippen molar-refractivity contribution in [1.82, 2.24) is 5.32 Å². The molecule has 0 aliphatic heterocycles. The second-order valence-electron chi connectivity index (χ2n) is 6.60. The van der Waals surface area contributed by atoms with E-state index in [2.05, 4.69) is 34.7 Å². The Balaban J connectivity index is 1.48. The van der Waals surface area contributed by atoms with Gasteiger partial charge in [0, 0.05) is 22.8 Å². The topological polar surface area (TPSA) is 70.9 Å². The SMILES string of the molecule is CC(=NOCc1ccc(-c2ccccc2)s1)c1ccc(CNCCC(=O)O)cc1. The number of carboxylic acids is 1. The average Bonchev–Trinajstić information content (AvgIpc) is 3.21. The molecule has 0 aliphatic rings. The van der Waals surface area contributed by atoms with E-state index in [4.69, 9.17) is 9.94 Å². The molecule has 0 fully saturated rings. The molecule has 150 valence electrons. The number of aliphatic carboxylic acids is 1. The lowest BCUT2D eigenvalue weighted by Gasteiger charge is -2.05. The minimum atomic E-state index is -0.793. The van der Waals surface area contributed by atoms with E-state index in [-0.39, 0.29) is 6.42 Å². The Hall–Kier alpha value is -2.96. The van der Waals surface area contributed by atoms with Crippen LogP contribution in [0, 0.1) is 0 Å². The van der Waals surface area contributed by atoms with Crippen LogP contribution >= 0.6 is 11.3 Å². The van der Waals surface area contributed by atoms with Crippen LogP contribution in [0.4, 0.5) is 0 Å². The van der Waals surface area contributed by atoms with E-state index < -0.39 is 5.97 Å². The molecule has 1 heterocycles. The second-order valence-corrected chi connectivity index (χ2v) is 7.77. The Morgan fingerprint density at radius 1 is 1.07 bits per heavy atom. The Kier molecular flexibility index (Phi) is 7.55. The van der Waals surface area contributed by atoms with Gasteiger partial charge < -0.3 is 15.3 Å². The van der Waals surface area contributed by atoms with Crippen LogP contribution in [0.25, 0.3) is 10.4 Å². The van der Waals surface area contributed by atoms with Crippen molar-refractivity contribution < 1.29 is 14.7 Å². The molecule has 2 aromatic carbocycles. The molecule has 0 aliphatic carbocycles. The third-order valence-corrected chi connectivity index (χ3v) is 5.45. The molecule has 0 bridgehead atoms. The first kappa shape index (κ1) is 20.8. The first-order chi connectivity index (χ1) is 14.1. The molecule has 6 heteroatoms. The Bertz CT molecular complexity index is 950. The standard InChI is InChI=1S/C23H24N2O3S/c1-17(19-9-7-18(8-10-19)15-24-14-13-23(26)27)25-28-16-21-11-12-22(29-21)20-5-3-2-4-6-20/h2-12,24H,13-16H2,1H3,(H,26,27). The predicted molar refractivity (Wildman–Crippen MR) is 117 cm³/mol. The molecule has 0 atom stereocenters. The van der Waals surface area contributed by atoms with Crippen LogP contribution in [0.3, 0.4) is 0 Å². The van der Waals surface area contributed by atoms with Gasteiger partial charge in [0.1, 0.15) is 0 Å². The van der Waals surface area contributed by atoms with Gasteiger partial charge in [0.2, 0.25) is 0 Å². The summed E-state index contributed by atoms with van der Waals surface area (Å²) in [5, 5.41) is 16.0. The molecule has 0 saturated carbocycles. The van der Waals surface area contributed by atoms with Crippen LogP contribution in [0.1, 0.15) is 29.3 Å². The number of nitrogens with zero attached hydrogens (tertiary/aromatic N) is 1. The van der Waals surface area contributed by atoms with Crippen molar-refractivity contribution in [2.45, 2.75) is 26.5 Å². The van der Waals surface area contributed by atoms with Crippen LogP contribution in [0.15, 0.2) is 71.9 Å². The van der Waals surface area contributed by atoms with Crippen LogP contribution < -0.4 is 5.32 Å². The van der Waals surface area contributed by atoms with E-state index in [0.29, 0.717) is 19.7 Å². The fourth-order valence-electron chi connectivity index (χ4n) is 2.75. The first-order valence-corrected chi connectivity index (χ1v) is 10.3. The highest BCUT2D eigenvalue weighted by atomic mass is 32.1. The number of oxime groups is 1. The van der Waals surface area contributed by atoms with Gasteiger partial charge in [-0.2, -0.15) is 0 Å². The van der Waals surface area contributed by atoms with Gasteiger partial charge in [-0.25, -0.2) is 0 Å². The third kappa shape index (κ3) is 6.55. The fourth-order valence-corrected chi connectivity index (χ4v) is 3.67. The van der Waals surface area contributed by atoms with Crippen molar-refractivity contribution >= 4 is 23.0 Å². The summed E-state index contributed by atoms with van der Waals surface area (Å²) < 4.78 is 0. The number of nitrogens with one attached hydrogen (secondary N) is 1. The van der Waals surface area contributed by atoms with Gasteiger partial charge in [-0.15, -0.1) is 11.3 Å². The van der Waals surface area contributed by atoms with Crippen molar-refractivity contribution in [1.29, 1.82) is 0 Å². The Morgan fingerprint density at radius 3 is 2.55 bits per heavy atom. The van der Waals surface area contributed by atoms with Gasteiger partial charge in [-0.3, -0.25) is 4.79 Å². The molecule has 3 aromatic rings. The summed E-state index contributed by atoms with van der Waals surface area (Å²) in [6, 6.07) is 22.5. The van der Waals surface area contributed by atoms with E-state index in [1.165, 1.54) is 10.4 Å². The van der Waals surface area contributed by atoms with Gasteiger partial charge in [0.05, 0.1) is 12.1 Å². The summed E-state index contributed by atoms with van der Waals surface area (Å²) >= 11 is 1.71. The summed E-state index contributed by atoms with van der Waals surface area (Å²) in [5.41, 5.74) is 4.12. The zero-order chi connectivity index (χ0) is 20.5. The maximum absolute atomic E-state index is 10.5. The highest BCUT2D eigenvalue weighted by Gasteiger charge is 2.04. The van der Waals surface area contributed by atoms with Crippen molar-refractivity contribution in [3.63, 3.8) is 0 Å². The third-order valence-electron chi connectivity index (χ3n) is 4.34. The monoisotopic (exact) mass is 408 g/mol. The number of hydrogen-bond acceptors (Lipinski definition) is 5. The Labute approximate surface area is 174 Å². The summed E-state index contributed by atoms with van der Waals surface area (Å²) in [5.74, 6) is -0.793. The van der Waals surface area contributed by atoms with Crippen molar-refractivity contribution in [2.24, 2.45) is 5.16 Å². The van der Waals surface area contributed by atoms with E-state index in [1.807, 2.05) is 49.4 Å². The van der Waals surface area contributed by atoms with Crippen molar-refractivity contribution in [3.8, 4) is 10.4 Å². The van der Waals surface area contributed by atoms with Crippen LogP contribution in [0.2, 0.25) is 0 Å². The highest BCUT2D eigenvalue weighted by Crippen LogP contribution is 2.28. The summed E-state index contributed by atoms with van der Waals surface area (Å²) in [4.78, 5) is 18.4. The van der Waals surface area contributed by atoms with Crippen molar-refractivity contribution in [3.05, 3.63) is 82.7 Å². The molecule has 3 rings (SSSR count). The molecule has 2 N–H and O–H groups in total. The largest absolute Gasteiger partial charge is 0.481 e. The summed E-state index contributed by atoms with van der Waals surface area (Å²) in [6.07, 6.45) is 0.123. The van der Waals surface area contributed by atoms with Crippen LogP contribution in [-0.2, 0) is 22.8 Å². The van der Waals surface area contributed by atoms with Crippen LogP contribution in [-0.4, -0.2) is 23.3 Å². The van der Waals surface area contributed by atoms with Gasteiger partial charge in [-0.1, -0.05) is 59.8 Å². The molecule has 0 radical (unpaired) electrons. The van der Waals surface area contributed by atoms with E-state index in [9.17, 15) is 4.79 Å². The number of hydrogen-bond donors (Lipinski definition) is 2. The molecule has 5 nitrogen and oxygen atoms in total. The lowest BCUT2D eigenvalue weighted by Crippen LogP contribution is -2.17. The molecule has 0 amide bonds. The lowest BCUT2D eigenvalue weighted by molar-refractivity contribution is -0.136. The van der Waals surface area contributed by atoms with Gasteiger partial charge in [0.15, 0.2) is 6.61 Å². The van der Waals surface area contributed by atoms with Gasteiger partial charge in [-0.05, 0) is 35.7 Å². The molecule has 29 heavy (non-hydrogen) atoms. The zero-order valence-electron chi connectivity index (χ0n) is 16.3. The van der Waals surface area contributed by atoms with Gasteiger partial charge in [0.25, 0.3) is 0 Å².